The van der Waals surface area contributed by atoms with Crippen molar-refractivity contribution in [3.8, 4) is 11.3 Å². The maximum Gasteiger partial charge on any atom is 0.229 e. The van der Waals surface area contributed by atoms with E-state index in [4.69, 9.17) is 0 Å². The van der Waals surface area contributed by atoms with Crippen LogP contribution >= 0.6 is 0 Å². The number of nitrogens with zero attached hydrogens (tertiary/aromatic N) is 7. The molecule has 0 bridgehead atoms. The standard InChI is InChI=1S/C27H30F2N8/c1-30-25-20(28)9-19(10-22(25)37-7-3-4-8-37)24-21(29)12-32-26(34-24)33-23-6-5-18(11-31-23)13-36-16-27(17-36)14-35(2)15-27/h5-6,9-12H,1,3-4,7-8,13-17H2,2H3,(H,31,32,33,34). The van der Waals surface area contributed by atoms with Crippen molar-refractivity contribution < 1.29 is 8.78 Å². The first kappa shape index (κ1) is 23.9. The maximum absolute atomic E-state index is 14.9. The predicted octanol–water partition coefficient (Wildman–Crippen LogP) is 4.24. The number of aliphatic imine (C=N–C) groups is 1. The van der Waals surface area contributed by atoms with Crippen molar-refractivity contribution in [1.29, 1.82) is 0 Å². The zero-order chi connectivity index (χ0) is 25.6. The highest BCUT2D eigenvalue weighted by atomic mass is 19.1. The molecule has 192 valence electrons. The van der Waals surface area contributed by atoms with Gasteiger partial charge in [0.25, 0.3) is 0 Å². The average Bonchev–Trinajstić information content (AvgIpc) is 3.38. The summed E-state index contributed by atoms with van der Waals surface area (Å²) >= 11 is 0. The quantitative estimate of drug-likeness (QED) is 0.483. The summed E-state index contributed by atoms with van der Waals surface area (Å²) in [7, 11) is 2.16. The fourth-order valence-corrected chi connectivity index (χ4v) is 5.98. The van der Waals surface area contributed by atoms with Crippen LogP contribution in [0.5, 0.6) is 0 Å². The molecule has 1 aromatic carbocycles. The van der Waals surface area contributed by atoms with Gasteiger partial charge in [-0.3, -0.25) is 9.89 Å². The second kappa shape index (κ2) is 9.42. The molecule has 0 radical (unpaired) electrons. The van der Waals surface area contributed by atoms with Crippen LogP contribution < -0.4 is 10.2 Å². The van der Waals surface area contributed by atoms with Crippen LogP contribution in [0, 0.1) is 17.0 Å². The van der Waals surface area contributed by atoms with E-state index in [9.17, 15) is 8.78 Å². The third-order valence-corrected chi connectivity index (χ3v) is 7.47. The predicted molar refractivity (Wildman–Crippen MR) is 141 cm³/mol. The summed E-state index contributed by atoms with van der Waals surface area (Å²) < 4.78 is 29.7. The van der Waals surface area contributed by atoms with E-state index in [0.717, 1.165) is 57.3 Å². The molecule has 8 nitrogen and oxygen atoms in total. The molecule has 6 rings (SSSR count). The van der Waals surface area contributed by atoms with Crippen molar-refractivity contribution >= 4 is 29.9 Å². The number of pyridine rings is 1. The fraction of sp³-hybridized carbons (Fsp3) is 0.407. The molecule has 37 heavy (non-hydrogen) atoms. The summed E-state index contributed by atoms with van der Waals surface area (Å²) in [4.78, 5) is 23.6. The molecule has 3 aliphatic heterocycles. The molecule has 0 atom stereocenters. The number of anilines is 3. The lowest BCUT2D eigenvalue weighted by molar-refractivity contribution is -0.108. The van der Waals surface area contributed by atoms with Crippen LogP contribution in [-0.4, -0.2) is 77.8 Å². The van der Waals surface area contributed by atoms with Crippen LogP contribution in [0.15, 0.2) is 41.7 Å². The van der Waals surface area contributed by atoms with E-state index in [-0.39, 0.29) is 17.3 Å². The lowest BCUT2D eigenvalue weighted by atomic mass is 9.73. The van der Waals surface area contributed by atoms with E-state index < -0.39 is 11.6 Å². The van der Waals surface area contributed by atoms with Crippen LogP contribution in [0.4, 0.5) is 31.9 Å². The highest BCUT2D eigenvalue weighted by Crippen LogP contribution is 2.40. The Bertz CT molecular complexity index is 1310. The van der Waals surface area contributed by atoms with Gasteiger partial charge in [-0.05, 0) is 50.4 Å². The summed E-state index contributed by atoms with van der Waals surface area (Å²) in [6, 6.07) is 6.86. The topological polar surface area (TPSA) is 72.8 Å². The molecule has 10 heteroatoms. The Labute approximate surface area is 215 Å². The van der Waals surface area contributed by atoms with Crippen molar-refractivity contribution in [3.63, 3.8) is 0 Å². The SMILES string of the molecule is C=Nc1c(F)cc(-c2nc(Nc3ccc(CN4CC5(CN(C)C5)C4)cn3)ncc2F)cc1N1CCCC1. The third-order valence-electron chi connectivity index (χ3n) is 7.47. The maximum atomic E-state index is 14.9. The van der Waals surface area contributed by atoms with Gasteiger partial charge >= 0.3 is 0 Å². The molecule has 0 saturated carbocycles. The number of aromatic nitrogens is 3. The molecule has 0 unspecified atom stereocenters. The molecule has 5 heterocycles. The van der Waals surface area contributed by atoms with Gasteiger partial charge in [0.2, 0.25) is 5.95 Å². The Morgan fingerprint density at radius 1 is 1.03 bits per heavy atom. The number of benzene rings is 1. The van der Waals surface area contributed by atoms with Crippen molar-refractivity contribution in [2.75, 3.05) is 56.5 Å². The van der Waals surface area contributed by atoms with Gasteiger partial charge in [-0.15, -0.1) is 0 Å². The minimum absolute atomic E-state index is 0.0115. The number of halogens is 2. The lowest BCUT2D eigenvalue weighted by Gasteiger charge is -2.59. The smallest absolute Gasteiger partial charge is 0.229 e. The van der Waals surface area contributed by atoms with Gasteiger partial charge < -0.3 is 15.1 Å². The van der Waals surface area contributed by atoms with Gasteiger partial charge in [0.05, 0.1) is 11.9 Å². The Kier molecular flexibility index (Phi) is 6.08. The zero-order valence-electron chi connectivity index (χ0n) is 20.9. The van der Waals surface area contributed by atoms with Gasteiger partial charge in [-0.1, -0.05) is 6.07 Å². The first-order chi connectivity index (χ1) is 17.9. The van der Waals surface area contributed by atoms with E-state index in [0.29, 0.717) is 22.5 Å². The van der Waals surface area contributed by atoms with Crippen LogP contribution in [0.3, 0.4) is 0 Å². The minimum Gasteiger partial charge on any atom is -0.370 e. The molecule has 3 fully saturated rings. The summed E-state index contributed by atoms with van der Waals surface area (Å²) in [6.45, 7) is 10.6. The molecule has 1 N–H and O–H groups in total. The van der Waals surface area contributed by atoms with Crippen LogP contribution in [0.1, 0.15) is 18.4 Å². The molecule has 3 saturated heterocycles. The molecule has 1 spiro atoms. The van der Waals surface area contributed by atoms with Crippen molar-refractivity contribution in [2.24, 2.45) is 10.4 Å². The normalized spacial score (nSPS) is 19.1. The van der Waals surface area contributed by atoms with Gasteiger partial charge in [0.15, 0.2) is 11.6 Å². The molecule has 0 aliphatic carbocycles. The number of nitrogens with one attached hydrogen (secondary N) is 1. The number of likely N-dealkylation sites (tertiary alicyclic amines) is 2. The molecule has 3 aliphatic rings. The second-order valence-electron chi connectivity index (χ2n) is 10.6. The first-order valence-corrected chi connectivity index (χ1v) is 12.6. The number of hydrogen-bond donors (Lipinski definition) is 1. The molecule has 2 aromatic heterocycles. The summed E-state index contributed by atoms with van der Waals surface area (Å²) in [5.41, 5.74) is 2.75. The largest absolute Gasteiger partial charge is 0.370 e. The van der Waals surface area contributed by atoms with Crippen molar-refractivity contribution in [2.45, 2.75) is 19.4 Å². The molecule has 0 amide bonds. The summed E-state index contributed by atoms with van der Waals surface area (Å²) in [5, 5.41) is 3.04. The number of rotatable bonds is 7. The van der Waals surface area contributed by atoms with Crippen LogP contribution in [-0.2, 0) is 6.54 Å². The van der Waals surface area contributed by atoms with E-state index >= 15 is 0 Å². The van der Waals surface area contributed by atoms with E-state index in [1.165, 1.54) is 19.2 Å². The molecular weight excluding hydrogens is 474 g/mol. The first-order valence-electron chi connectivity index (χ1n) is 12.6. The molecular formula is C27H30F2N8. The summed E-state index contributed by atoms with van der Waals surface area (Å²) in [6.07, 6.45) is 4.95. The summed E-state index contributed by atoms with van der Waals surface area (Å²) in [5.74, 6) is -0.455. The van der Waals surface area contributed by atoms with Gasteiger partial charge in [-0.25, -0.2) is 23.7 Å². The van der Waals surface area contributed by atoms with Gasteiger partial charge in [-0.2, -0.15) is 0 Å². The molecule has 3 aromatic rings. The lowest BCUT2D eigenvalue weighted by Crippen LogP contribution is -2.70. The monoisotopic (exact) mass is 504 g/mol. The minimum atomic E-state index is -0.634. The highest BCUT2D eigenvalue weighted by molar-refractivity contribution is 5.77. The third kappa shape index (κ3) is 4.67. The van der Waals surface area contributed by atoms with Crippen LogP contribution in [0.2, 0.25) is 0 Å². The fourth-order valence-electron chi connectivity index (χ4n) is 5.98. The Hall–Kier alpha value is -3.50. The Morgan fingerprint density at radius 3 is 2.49 bits per heavy atom. The van der Waals surface area contributed by atoms with Crippen molar-refractivity contribution in [1.82, 2.24) is 24.8 Å². The second-order valence-corrected chi connectivity index (χ2v) is 10.6. The Morgan fingerprint density at radius 2 is 1.81 bits per heavy atom. The van der Waals surface area contributed by atoms with Crippen molar-refractivity contribution in [3.05, 3.63) is 53.9 Å². The van der Waals surface area contributed by atoms with E-state index in [2.05, 4.69) is 48.8 Å². The van der Waals surface area contributed by atoms with E-state index in [1.807, 2.05) is 23.2 Å². The number of hydrogen-bond acceptors (Lipinski definition) is 8. The highest BCUT2D eigenvalue weighted by Gasteiger charge is 2.49. The zero-order valence-corrected chi connectivity index (χ0v) is 20.9. The Balaban J connectivity index is 1.17. The van der Waals surface area contributed by atoms with Gasteiger partial charge in [0.1, 0.15) is 17.2 Å². The van der Waals surface area contributed by atoms with E-state index in [1.54, 1.807) is 6.07 Å². The van der Waals surface area contributed by atoms with Crippen LogP contribution in [0.25, 0.3) is 11.3 Å². The average molecular weight is 505 g/mol. The van der Waals surface area contributed by atoms with Gasteiger partial charge in [0, 0.05) is 63.0 Å².